The van der Waals surface area contributed by atoms with Gasteiger partial charge < -0.3 is 10.1 Å². The molecule has 0 heterocycles. The Morgan fingerprint density at radius 3 is 2.06 bits per heavy atom. The number of carbonyl (C=O) groups excluding carboxylic acids is 2. The lowest BCUT2D eigenvalue weighted by atomic mass is 9.99. The fraction of sp³-hybridized carbons (Fsp3) is 0.800. The molecule has 17 heavy (non-hydrogen) atoms. The highest BCUT2D eigenvalue weighted by atomic mass is 19.4. The fourth-order valence-electron chi connectivity index (χ4n) is 0.750. The van der Waals surface area contributed by atoms with Crippen molar-refractivity contribution >= 4 is 11.9 Å². The summed E-state index contributed by atoms with van der Waals surface area (Å²) in [5, 5.41) is 1.52. The highest BCUT2D eigenvalue weighted by Crippen LogP contribution is 2.15. The molecule has 0 aromatic heterocycles. The average Bonchev–Trinajstić information content (AvgIpc) is 2.11. The molecule has 0 rings (SSSR count). The van der Waals surface area contributed by atoms with Crippen molar-refractivity contribution in [3.05, 3.63) is 0 Å². The standard InChI is InChI=1S/C10H16F3NO3/c1-6(14-8(16)10(11,12)13)7(15)17-5-9(2,3)4/h6H,5H2,1-4H3,(H,14,16). The van der Waals surface area contributed by atoms with Gasteiger partial charge in [0.05, 0.1) is 6.61 Å². The van der Waals surface area contributed by atoms with Gasteiger partial charge in [-0.1, -0.05) is 20.8 Å². The summed E-state index contributed by atoms with van der Waals surface area (Å²) >= 11 is 0. The van der Waals surface area contributed by atoms with Crippen molar-refractivity contribution in [1.82, 2.24) is 5.32 Å². The number of rotatable bonds is 3. The van der Waals surface area contributed by atoms with E-state index in [1.54, 1.807) is 20.8 Å². The van der Waals surface area contributed by atoms with E-state index in [2.05, 4.69) is 0 Å². The summed E-state index contributed by atoms with van der Waals surface area (Å²) in [6.07, 6.45) is -5.00. The summed E-state index contributed by atoms with van der Waals surface area (Å²) in [5.41, 5.74) is -0.288. The van der Waals surface area contributed by atoms with Crippen molar-refractivity contribution in [2.75, 3.05) is 6.61 Å². The molecule has 1 unspecified atom stereocenters. The van der Waals surface area contributed by atoms with Crippen LogP contribution in [-0.4, -0.2) is 30.7 Å². The number of hydrogen-bond acceptors (Lipinski definition) is 3. The Balaban J connectivity index is 4.20. The van der Waals surface area contributed by atoms with Gasteiger partial charge in [-0.2, -0.15) is 13.2 Å². The molecule has 0 radical (unpaired) electrons. The van der Waals surface area contributed by atoms with Crippen molar-refractivity contribution in [1.29, 1.82) is 0 Å². The first-order valence-corrected chi connectivity index (χ1v) is 4.98. The van der Waals surface area contributed by atoms with E-state index in [9.17, 15) is 22.8 Å². The second-order valence-electron chi connectivity index (χ2n) is 4.86. The molecule has 4 nitrogen and oxygen atoms in total. The number of esters is 1. The molecule has 0 spiro atoms. The Bertz CT molecular complexity index is 294. The molecule has 0 saturated heterocycles. The van der Waals surface area contributed by atoms with Gasteiger partial charge >= 0.3 is 18.1 Å². The van der Waals surface area contributed by atoms with Crippen molar-refractivity contribution in [2.45, 2.75) is 39.9 Å². The van der Waals surface area contributed by atoms with E-state index >= 15 is 0 Å². The van der Waals surface area contributed by atoms with Gasteiger partial charge in [0.1, 0.15) is 6.04 Å². The van der Waals surface area contributed by atoms with Crippen LogP contribution in [0, 0.1) is 5.41 Å². The predicted octanol–water partition coefficient (Wildman–Crippen LogP) is 1.64. The predicted molar refractivity (Wildman–Crippen MR) is 54.1 cm³/mol. The number of amides is 1. The van der Waals surface area contributed by atoms with Gasteiger partial charge in [0.15, 0.2) is 0 Å². The summed E-state index contributed by atoms with van der Waals surface area (Å²) < 4.78 is 40.4. The highest BCUT2D eigenvalue weighted by Gasteiger charge is 2.40. The Morgan fingerprint density at radius 2 is 1.71 bits per heavy atom. The first-order valence-electron chi connectivity index (χ1n) is 4.98. The molecular formula is C10H16F3NO3. The molecule has 0 aromatic rings. The van der Waals surface area contributed by atoms with Crippen molar-refractivity contribution in [2.24, 2.45) is 5.41 Å². The molecule has 100 valence electrons. The largest absolute Gasteiger partial charge is 0.471 e. The smallest absolute Gasteiger partial charge is 0.464 e. The van der Waals surface area contributed by atoms with Crippen LogP contribution in [0.25, 0.3) is 0 Å². The summed E-state index contributed by atoms with van der Waals surface area (Å²) in [6, 6.07) is -1.33. The van der Waals surface area contributed by atoms with Crippen LogP contribution in [0.15, 0.2) is 0 Å². The minimum absolute atomic E-state index is 0.0675. The summed E-state index contributed by atoms with van der Waals surface area (Å²) in [5.74, 6) is -3.05. The van der Waals surface area contributed by atoms with Crippen LogP contribution < -0.4 is 5.32 Å². The van der Waals surface area contributed by atoms with E-state index in [1.807, 2.05) is 0 Å². The monoisotopic (exact) mass is 255 g/mol. The minimum atomic E-state index is -5.00. The first kappa shape index (κ1) is 15.7. The molecule has 0 aliphatic carbocycles. The highest BCUT2D eigenvalue weighted by molar-refractivity contribution is 5.87. The van der Waals surface area contributed by atoms with Crippen LogP contribution in [0.3, 0.4) is 0 Å². The molecule has 0 aliphatic heterocycles. The number of ether oxygens (including phenoxy) is 1. The van der Waals surface area contributed by atoms with E-state index in [0.29, 0.717) is 0 Å². The Labute approximate surface area is 97.5 Å². The van der Waals surface area contributed by atoms with Gasteiger partial charge in [0, 0.05) is 0 Å². The third-order valence-corrected chi connectivity index (χ3v) is 1.61. The second-order valence-corrected chi connectivity index (χ2v) is 4.86. The van der Waals surface area contributed by atoms with Crippen molar-refractivity contribution in [3.8, 4) is 0 Å². The number of carbonyl (C=O) groups is 2. The normalized spacial score (nSPS) is 14.1. The molecule has 0 aromatic carbocycles. The molecule has 0 fully saturated rings. The average molecular weight is 255 g/mol. The lowest BCUT2D eigenvalue weighted by Gasteiger charge is -2.20. The van der Waals surface area contributed by atoms with E-state index in [-0.39, 0.29) is 12.0 Å². The molecule has 7 heteroatoms. The topological polar surface area (TPSA) is 55.4 Å². The molecular weight excluding hydrogens is 239 g/mol. The van der Waals surface area contributed by atoms with Crippen LogP contribution in [0.4, 0.5) is 13.2 Å². The number of nitrogens with one attached hydrogen (secondary N) is 1. The maximum Gasteiger partial charge on any atom is 0.471 e. The van der Waals surface area contributed by atoms with Crippen molar-refractivity contribution < 1.29 is 27.5 Å². The lowest BCUT2D eigenvalue weighted by Crippen LogP contribution is -2.46. The number of hydrogen-bond donors (Lipinski definition) is 1. The molecule has 0 saturated carbocycles. The number of alkyl halides is 3. The van der Waals surface area contributed by atoms with Crippen LogP contribution in [0.1, 0.15) is 27.7 Å². The van der Waals surface area contributed by atoms with Gasteiger partial charge in [-0.25, -0.2) is 4.79 Å². The Hall–Kier alpha value is -1.27. The zero-order valence-corrected chi connectivity index (χ0v) is 10.1. The molecule has 0 bridgehead atoms. The van der Waals surface area contributed by atoms with E-state index in [1.165, 1.54) is 5.32 Å². The van der Waals surface area contributed by atoms with E-state index < -0.39 is 24.1 Å². The first-order chi connectivity index (χ1) is 7.43. The zero-order valence-electron chi connectivity index (χ0n) is 10.1. The van der Waals surface area contributed by atoms with E-state index in [0.717, 1.165) is 6.92 Å². The Morgan fingerprint density at radius 1 is 1.24 bits per heavy atom. The van der Waals surface area contributed by atoms with E-state index in [4.69, 9.17) is 4.74 Å². The minimum Gasteiger partial charge on any atom is -0.464 e. The molecule has 1 amide bonds. The third kappa shape index (κ3) is 6.80. The van der Waals surface area contributed by atoms with Crippen LogP contribution in [-0.2, 0) is 14.3 Å². The van der Waals surface area contributed by atoms with Crippen LogP contribution >= 0.6 is 0 Å². The third-order valence-electron chi connectivity index (χ3n) is 1.61. The maximum atomic E-state index is 11.9. The summed E-state index contributed by atoms with van der Waals surface area (Å²) in [6.45, 7) is 6.62. The van der Waals surface area contributed by atoms with Gasteiger partial charge in [0.2, 0.25) is 0 Å². The van der Waals surface area contributed by atoms with Gasteiger partial charge in [0.25, 0.3) is 0 Å². The van der Waals surface area contributed by atoms with Crippen LogP contribution in [0.5, 0.6) is 0 Å². The van der Waals surface area contributed by atoms with Gasteiger partial charge in [-0.15, -0.1) is 0 Å². The van der Waals surface area contributed by atoms with Gasteiger partial charge in [-0.3, -0.25) is 4.79 Å². The molecule has 1 atom stereocenters. The Kier molecular flexibility index (Phi) is 4.97. The number of halogens is 3. The molecule has 0 aliphatic rings. The van der Waals surface area contributed by atoms with Crippen molar-refractivity contribution in [3.63, 3.8) is 0 Å². The summed E-state index contributed by atoms with van der Waals surface area (Å²) in [4.78, 5) is 21.8. The van der Waals surface area contributed by atoms with Crippen LogP contribution in [0.2, 0.25) is 0 Å². The molecule has 1 N–H and O–H groups in total. The maximum absolute atomic E-state index is 11.9. The zero-order chi connectivity index (χ0) is 13.9. The quantitative estimate of drug-likeness (QED) is 0.780. The second kappa shape index (κ2) is 5.37. The SMILES string of the molecule is CC(NC(=O)C(F)(F)F)C(=O)OCC(C)(C)C. The lowest BCUT2D eigenvalue weighted by molar-refractivity contribution is -0.175. The van der Waals surface area contributed by atoms with Gasteiger partial charge in [-0.05, 0) is 12.3 Å². The fourth-order valence-corrected chi connectivity index (χ4v) is 0.750. The summed E-state index contributed by atoms with van der Waals surface area (Å²) in [7, 11) is 0.